The normalized spacial score (nSPS) is 17.6. The van der Waals surface area contributed by atoms with E-state index in [0.29, 0.717) is 12.3 Å². The molecule has 0 aliphatic carbocycles. The van der Waals surface area contributed by atoms with Gasteiger partial charge in [-0.3, -0.25) is 9.59 Å². The van der Waals surface area contributed by atoms with Crippen LogP contribution in [0, 0.1) is 5.92 Å². The Bertz CT molecular complexity index is 848. The van der Waals surface area contributed by atoms with Crippen LogP contribution in [0.25, 0.3) is 0 Å². The minimum atomic E-state index is -0.880. The standard InChI is InChI=1S/C23H27NO4/c1-4-15(2)19-10-6-7-11-20(19)24-22(25)16(3)28-23(26)18-13-17-9-5-8-12-21(17)27-14-18/h5-12,15-16,18H,4,13-14H2,1-3H3,(H,24,25). The highest BCUT2D eigenvalue weighted by atomic mass is 16.6. The molecule has 148 valence electrons. The second-order valence-electron chi connectivity index (χ2n) is 7.28. The first-order valence-corrected chi connectivity index (χ1v) is 9.80. The molecule has 28 heavy (non-hydrogen) atoms. The Morgan fingerprint density at radius 1 is 1.14 bits per heavy atom. The van der Waals surface area contributed by atoms with Gasteiger partial charge in [-0.2, -0.15) is 0 Å². The molecular formula is C23H27NO4. The number of para-hydroxylation sites is 2. The molecule has 5 nitrogen and oxygen atoms in total. The third kappa shape index (κ3) is 4.53. The van der Waals surface area contributed by atoms with E-state index in [9.17, 15) is 9.59 Å². The third-order valence-corrected chi connectivity index (χ3v) is 5.24. The number of amides is 1. The zero-order valence-corrected chi connectivity index (χ0v) is 16.6. The number of hydrogen-bond acceptors (Lipinski definition) is 4. The van der Waals surface area contributed by atoms with Crippen LogP contribution in [0.5, 0.6) is 5.75 Å². The van der Waals surface area contributed by atoms with Crippen LogP contribution >= 0.6 is 0 Å². The number of benzene rings is 2. The molecule has 2 aromatic carbocycles. The molecule has 3 rings (SSSR count). The molecule has 5 heteroatoms. The fraction of sp³-hybridized carbons (Fsp3) is 0.391. The molecule has 1 aliphatic heterocycles. The quantitative estimate of drug-likeness (QED) is 0.757. The lowest BCUT2D eigenvalue weighted by atomic mass is 9.96. The molecule has 0 spiro atoms. The van der Waals surface area contributed by atoms with E-state index >= 15 is 0 Å². The molecule has 3 atom stereocenters. The van der Waals surface area contributed by atoms with Crippen molar-refractivity contribution < 1.29 is 19.1 Å². The van der Waals surface area contributed by atoms with Crippen molar-refractivity contribution in [3.05, 3.63) is 59.7 Å². The number of esters is 1. The number of rotatable bonds is 6. The highest BCUT2D eigenvalue weighted by Crippen LogP contribution is 2.28. The summed E-state index contributed by atoms with van der Waals surface area (Å²) in [4.78, 5) is 25.1. The Morgan fingerprint density at radius 2 is 1.86 bits per heavy atom. The Morgan fingerprint density at radius 3 is 2.64 bits per heavy atom. The summed E-state index contributed by atoms with van der Waals surface area (Å²) in [5.41, 5.74) is 2.82. The van der Waals surface area contributed by atoms with Crippen molar-refractivity contribution >= 4 is 17.6 Å². The average Bonchev–Trinajstić information content (AvgIpc) is 2.73. The van der Waals surface area contributed by atoms with Crippen molar-refractivity contribution in [2.75, 3.05) is 11.9 Å². The van der Waals surface area contributed by atoms with Crippen LogP contribution < -0.4 is 10.1 Å². The molecule has 1 aliphatic rings. The minimum Gasteiger partial charge on any atom is -0.492 e. The van der Waals surface area contributed by atoms with Crippen LogP contribution in [0.4, 0.5) is 5.69 Å². The Hall–Kier alpha value is -2.82. The molecule has 0 bridgehead atoms. The lowest BCUT2D eigenvalue weighted by Gasteiger charge is -2.25. The largest absolute Gasteiger partial charge is 0.492 e. The van der Waals surface area contributed by atoms with E-state index in [1.165, 1.54) is 0 Å². The number of nitrogens with one attached hydrogen (secondary N) is 1. The van der Waals surface area contributed by atoms with Gasteiger partial charge in [0.25, 0.3) is 5.91 Å². The molecule has 1 amide bonds. The van der Waals surface area contributed by atoms with Gasteiger partial charge in [-0.05, 0) is 48.9 Å². The lowest BCUT2D eigenvalue weighted by molar-refractivity contribution is -0.158. The van der Waals surface area contributed by atoms with Gasteiger partial charge in [-0.15, -0.1) is 0 Å². The molecule has 0 aromatic heterocycles. The molecule has 0 saturated heterocycles. The first-order chi connectivity index (χ1) is 13.5. The molecular weight excluding hydrogens is 354 g/mol. The minimum absolute atomic E-state index is 0.265. The van der Waals surface area contributed by atoms with Crippen LogP contribution in [0.15, 0.2) is 48.5 Å². The van der Waals surface area contributed by atoms with Crippen molar-refractivity contribution in [1.82, 2.24) is 0 Å². The predicted octanol–water partition coefficient (Wildman–Crippen LogP) is 4.32. The van der Waals surface area contributed by atoms with Gasteiger partial charge in [0.15, 0.2) is 6.10 Å². The van der Waals surface area contributed by atoms with Gasteiger partial charge in [0, 0.05) is 5.69 Å². The number of carbonyl (C=O) groups excluding carboxylic acids is 2. The molecule has 1 N–H and O–H groups in total. The summed E-state index contributed by atoms with van der Waals surface area (Å²) >= 11 is 0. The summed E-state index contributed by atoms with van der Waals surface area (Å²) in [5.74, 6) is -0.0149. The van der Waals surface area contributed by atoms with Gasteiger partial charge in [0.2, 0.25) is 0 Å². The molecule has 3 unspecified atom stereocenters. The van der Waals surface area contributed by atoms with Gasteiger partial charge in [-0.1, -0.05) is 50.2 Å². The van der Waals surface area contributed by atoms with Crippen molar-refractivity contribution in [2.45, 2.75) is 45.6 Å². The lowest BCUT2D eigenvalue weighted by Crippen LogP contribution is -2.36. The predicted molar refractivity (Wildman–Crippen MR) is 108 cm³/mol. The fourth-order valence-electron chi connectivity index (χ4n) is 3.30. The van der Waals surface area contributed by atoms with Gasteiger partial charge in [-0.25, -0.2) is 0 Å². The van der Waals surface area contributed by atoms with Crippen LogP contribution in [-0.2, 0) is 20.7 Å². The smallest absolute Gasteiger partial charge is 0.313 e. The van der Waals surface area contributed by atoms with E-state index in [1.807, 2.05) is 48.5 Å². The first-order valence-electron chi connectivity index (χ1n) is 9.80. The van der Waals surface area contributed by atoms with Crippen molar-refractivity contribution in [3.63, 3.8) is 0 Å². The molecule has 1 heterocycles. The SMILES string of the molecule is CCC(C)c1ccccc1NC(=O)C(C)OC(=O)C1COc2ccccc2C1. The van der Waals surface area contributed by atoms with E-state index in [4.69, 9.17) is 9.47 Å². The Labute approximate surface area is 166 Å². The second kappa shape index (κ2) is 8.91. The van der Waals surface area contributed by atoms with E-state index in [0.717, 1.165) is 29.0 Å². The maximum Gasteiger partial charge on any atom is 0.313 e. The molecule has 0 radical (unpaired) electrons. The van der Waals surface area contributed by atoms with E-state index in [1.54, 1.807) is 6.92 Å². The molecule has 0 saturated carbocycles. The second-order valence-corrected chi connectivity index (χ2v) is 7.28. The summed E-state index contributed by atoms with van der Waals surface area (Å²) in [6.45, 7) is 6.09. The highest BCUT2D eigenvalue weighted by Gasteiger charge is 2.30. The first kappa shape index (κ1) is 19.9. The highest BCUT2D eigenvalue weighted by molar-refractivity contribution is 5.95. The van der Waals surface area contributed by atoms with E-state index in [2.05, 4.69) is 19.2 Å². The topological polar surface area (TPSA) is 64.6 Å². The van der Waals surface area contributed by atoms with Crippen LogP contribution in [-0.4, -0.2) is 24.6 Å². The summed E-state index contributed by atoms with van der Waals surface area (Å²) in [7, 11) is 0. The van der Waals surface area contributed by atoms with Gasteiger partial charge < -0.3 is 14.8 Å². The maximum atomic E-state index is 12.6. The molecule has 2 aromatic rings. The Kier molecular flexibility index (Phi) is 6.34. The van der Waals surface area contributed by atoms with E-state index in [-0.39, 0.29) is 12.5 Å². The monoisotopic (exact) mass is 381 g/mol. The number of ether oxygens (including phenoxy) is 2. The van der Waals surface area contributed by atoms with Crippen molar-refractivity contribution in [1.29, 1.82) is 0 Å². The van der Waals surface area contributed by atoms with Gasteiger partial charge in [0.05, 0.1) is 5.92 Å². The summed E-state index contributed by atoms with van der Waals surface area (Å²) in [6.07, 6.45) is 0.649. The zero-order chi connectivity index (χ0) is 20.1. The van der Waals surface area contributed by atoms with E-state index < -0.39 is 18.0 Å². The van der Waals surface area contributed by atoms with Crippen LogP contribution in [0.3, 0.4) is 0 Å². The number of anilines is 1. The van der Waals surface area contributed by atoms with Crippen molar-refractivity contribution in [2.24, 2.45) is 5.92 Å². The summed E-state index contributed by atoms with van der Waals surface area (Å²) in [6, 6.07) is 15.4. The summed E-state index contributed by atoms with van der Waals surface area (Å²) in [5, 5.41) is 2.90. The van der Waals surface area contributed by atoms with Crippen molar-refractivity contribution in [3.8, 4) is 5.75 Å². The van der Waals surface area contributed by atoms with Gasteiger partial charge >= 0.3 is 5.97 Å². The number of fused-ring (bicyclic) bond motifs is 1. The third-order valence-electron chi connectivity index (χ3n) is 5.24. The number of hydrogen-bond donors (Lipinski definition) is 1. The summed E-state index contributed by atoms with van der Waals surface area (Å²) < 4.78 is 11.1. The maximum absolute atomic E-state index is 12.6. The van der Waals surface area contributed by atoms with Crippen LogP contribution in [0.2, 0.25) is 0 Å². The average molecular weight is 381 g/mol. The zero-order valence-electron chi connectivity index (χ0n) is 16.6. The van der Waals surface area contributed by atoms with Crippen LogP contribution in [0.1, 0.15) is 44.2 Å². The Balaban J connectivity index is 1.60. The number of carbonyl (C=O) groups is 2. The fourth-order valence-corrected chi connectivity index (χ4v) is 3.30. The molecule has 0 fully saturated rings. The van der Waals surface area contributed by atoms with Gasteiger partial charge in [0.1, 0.15) is 12.4 Å².